The first-order chi connectivity index (χ1) is 10.5. The fourth-order valence-corrected chi connectivity index (χ4v) is 2.51. The maximum absolute atomic E-state index is 14.0. The van der Waals surface area contributed by atoms with E-state index in [1.807, 2.05) is 0 Å². The lowest BCUT2D eigenvalue weighted by molar-refractivity contribution is -0.141. The fourth-order valence-electron chi connectivity index (χ4n) is 2.51. The summed E-state index contributed by atoms with van der Waals surface area (Å²) in [7, 11) is 1.15. The molecular weight excluding hydrogens is 323 g/mol. The third kappa shape index (κ3) is 3.80. The third-order valence-electron chi connectivity index (χ3n) is 3.83. The van der Waals surface area contributed by atoms with Crippen LogP contribution < -0.4 is 5.32 Å². The summed E-state index contributed by atoms with van der Waals surface area (Å²) in [5.74, 6) is -4.14. The van der Waals surface area contributed by atoms with Crippen molar-refractivity contribution in [3.05, 3.63) is 17.5 Å². The van der Waals surface area contributed by atoms with Crippen molar-refractivity contribution in [1.29, 1.82) is 0 Å². The van der Waals surface area contributed by atoms with E-state index in [9.17, 15) is 26.7 Å². The first kappa shape index (κ1) is 17.6. The maximum atomic E-state index is 14.0. The molecule has 0 spiro atoms. The van der Waals surface area contributed by atoms with Crippen molar-refractivity contribution < 1.29 is 26.7 Å². The predicted molar refractivity (Wildman–Crippen MR) is 71.1 cm³/mol. The highest BCUT2D eigenvalue weighted by Crippen LogP contribution is 2.29. The number of carbonyl (C=O) groups is 1. The van der Waals surface area contributed by atoms with Crippen LogP contribution in [0.15, 0.2) is 6.07 Å². The van der Waals surface area contributed by atoms with Crippen LogP contribution in [-0.4, -0.2) is 52.2 Å². The molecule has 1 aliphatic rings. The quantitative estimate of drug-likeness (QED) is 0.855. The zero-order valence-electron chi connectivity index (χ0n) is 12.6. The summed E-state index contributed by atoms with van der Waals surface area (Å²) >= 11 is 0. The largest absolute Gasteiger partial charge is 0.435 e. The Morgan fingerprint density at radius 1 is 1.48 bits per heavy atom. The van der Waals surface area contributed by atoms with Gasteiger partial charge >= 0.3 is 6.18 Å². The second-order valence-corrected chi connectivity index (χ2v) is 5.48. The van der Waals surface area contributed by atoms with Crippen molar-refractivity contribution >= 4 is 5.91 Å². The topological polar surface area (TPSA) is 50.2 Å². The lowest BCUT2D eigenvalue weighted by Gasteiger charge is -2.38. The van der Waals surface area contributed by atoms with Crippen molar-refractivity contribution in [2.75, 3.05) is 19.6 Å². The summed E-state index contributed by atoms with van der Waals surface area (Å²) in [6.07, 6.45) is -4.68. The molecule has 1 fully saturated rings. The molecule has 0 aromatic carbocycles. The molecule has 10 heteroatoms. The Balaban J connectivity index is 2.12. The van der Waals surface area contributed by atoms with Gasteiger partial charge in [0.25, 0.3) is 11.8 Å². The molecule has 2 heterocycles. The molecule has 23 heavy (non-hydrogen) atoms. The van der Waals surface area contributed by atoms with Crippen LogP contribution in [-0.2, 0) is 13.2 Å². The minimum Gasteiger partial charge on any atom is -0.342 e. The summed E-state index contributed by atoms with van der Waals surface area (Å²) in [5.41, 5.74) is -1.65. The number of hydrogen-bond acceptors (Lipinski definition) is 3. The van der Waals surface area contributed by atoms with Gasteiger partial charge in [-0.2, -0.15) is 18.3 Å². The van der Waals surface area contributed by atoms with Gasteiger partial charge in [-0.15, -0.1) is 0 Å². The minimum absolute atomic E-state index is 0.0244. The number of rotatable bonds is 3. The molecule has 5 nitrogen and oxygen atoms in total. The molecule has 1 saturated heterocycles. The highest BCUT2D eigenvalue weighted by atomic mass is 19.4. The van der Waals surface area contributed by atoms with Crippen LogP contribution in [0.1, 0.15) is 29.5 Å². The Bertz CT molecular complexity index is 583. The number of aryl methyl sites for hydroxylation is 1. The van der Waals surface area contributed by atoms with Gasteiger partial charge < -0.3 is 5.32 Å². The van der Waals surface area contributed by atoms with E-state index in [1.165, 1.54) is 0 Å². The molecule has 1 N–H and O–H groups in total. The SMILES string of the molecule is CCN1CCC(NC(=O)c2cc(C(F)(F)F)nn2C)C(F)(F)C1. The number of hydrogen-bond donors (Lipinski definition) is 1. The highest BCUT2D eigenvalue weighted by molar-refractivity contribution is 5.93. The lowest BCUT2D eigenvalue weighted by atomic mass is 10.0. The van der Waals surface area contributed by atoms with E-state index in [0.717, 1.165) is 11.7 Å². The number of amides is 1. The Labute approximate surface area is 129 Å². The Morgan fingerprint density at radius 2 is 2.13 bits per heavy atom. The number of nitrogens with zero attached hydrogens (tertiary/aromatic N) is 3. The van der Waals surface area contributed by atoms with E-state index in [0.29, 0.717) is 19.2 Å². The molecule has 1 aromatic rings. The number of alkyl halides is 5. The number of carbonyl (C=O) groups excluding carboxylic acids is 1. The average molecular weight is 340 g/mol. The van der Waals surface area contributed by atoms with Crippen LogP contribution in [0.2, 0.25) is 0 Å². The van der Waals surface area contributed by atoms with Gasteiger partial charge in [-0.3, -0.25) is 14.4 Å². The molecule has 2 rings (SSSR count). The zero-order chi connectivity index (χ0) is 17.4. The fraction of sp³-hybridized carbons (Fsp3) is 0.692. The van der Waals surface area contributed by atoms with Crippen LogP contribution in [0.25, 0.3) is 0 Å². The Morgan fingerprint density at radius 3 is 2.61 bits per heavy atom. The van der Waals surface area contributed by atoms with Crippen LogP contribution in [0.3, 0.4) is 0 Å². The number of likely N-dealkylation sites (tertiary alicyclic amines) is 1. The smallest absolute Gasteiger partial charge is 0.342 e. The summed E-state index contributed by atoms with van der Waals surface area (Å²) in [5, 5.41) is 5.32. The first-order valence-electron chi connectivity index (χ1n) is 7.07. The summed E-state index contributed by atoms with van der Waals surface area (Å²) in [4.78, 5) is 13.6. The molecule has 0 radical (unpaired) electrons. The van der Waals surface area contributed by atoms with E-state index < -0.39 is 42.0 Å². The number of piperidine rings is 1. The minimum atomic E-state index is -4.70. The molecule has 0 saturated carbocycles. The second-order valence-electron chi connectivity index (χ2n) is 5.48. The standard InChI is InChI=1S/C13H17F5N4O/c1-3-22-5-4-9(12(14,15)7-22)19-11(23)8-6-10(13(16,17)18)20-21(8)2/h6,9H,3-5,7H2,1-2H3,(H,19,23). The molecule has 1 aromatic heterocycles. The van der Waals surface area contributed by atoms with Crippen LogP contribution in [0.5, 0.6) is 0 Å². The predicted octanol–water partition coefficient (Wildman–Crippen LogP) is 1.90. The van der Waals surface area contributed by atoms with Gasteiger partial charge in [-0.25, -0.2) is 8.78 Å². The van der Waals surface area contributed by atoms with Crippen molar-refractivity contribution in [2.24, 2.45) is 7.05 Å². The zero-order valence-corrected chi connectivity index (χ0v) is 12.6. The van der Waals surface area contributed by atoms with E-state index in [4.69, 9.17) is 0 Å². The first-order valence-corrected chi connectivity index (χ1v) is 7.07. The maximum Gasteiger partial charge on any atom is 0.435 e. The van der Waals surface area contributed by atoms with Crippen LogP contribution >= 0.6 is 0 Å². The monoisotopic (exact) mass is 340 g/mol. The lowest BCUT2D eigenvalue weighted by Crippen LogP contribution is -2.58. The van der Waals surface area contributed by atoms with Gasteiger partial charge in [-0.1, -0.05) is 6.92 Å². The van der Waals surface area contributed by atoms with E-state index in [1.54, 1.807) is 11.8 Å². The van der Waals surface area contributed by atoms with Gasteiger partial charge in [-0.05, 0) is 13.0 Å². The highest BCUT2D eigenvalue weighted by Gasteiger charge is 2.45. The molecule has 1 atom stereocenters. The van der Waals surface area contributed by atoms with Crippen molar-refractivity contribution in [3.8, 4) is 0 Å². The number of aromatic nitrogens is 2. The molecule has 1 aliphatic heterocycles. The van der Waals surface area contributed by atoms with Crippen molar-refractivity contribution in [1.82, 2.24) is 20.0 Å². The number of halogens is 5. The summed E-state index contributed by atoms with van der Waals surface area (Å²) in [6, 6.07) is -0.865. The van der Waals surface area contributed by atoms with Crippen molar-refractivity contribution in [3.63, 3.8) is 0 Å². The molecule has 1 unspecified atom stereocenters. The molecular formula is C13H17F5N4O. The second kappa shape index (κ2) is 6.06. The van der Waals surface area contributed by atoms with E-state index >= 15 is 0 Å². The van der Waals surface area contributed by atoms with Gasteiger partial charge in [0.15, 0.2) is 5.69 Å². The van der Waals surface area contributed by atoms with E-state index in [-0.39, 0.29) is 6.42 Å². The van der Waals surface area contributed by atoms with Gasteiger partial charge in [0.1, 0.15) is 5.69 Å². The van der Waals surface area contributed by atoms with Crippen LogP contribution in [0.4, 0.5) is 22.0 Å². The summed E-state index contributed by atoms with van der Waals surface area (Å²) in [6.45, 7) is 2.11. The molecule has 1 amide bonds. The Hall–Kier alpha value is -1.71. The normalized spacial score (nSPS) is 22.1. The Kier molecular flexibility index (Phi) is 4.65. The van der Waals surface area contributed by atoms with Crippen LogP contribution in [0, 0.1) is 0 Å². The third-order valence-corrected chi connectivity index (χ3v) is 3.83. The average Bonchev–Trinajstić information content (AvgIpc) is 2.82. The van der Waals surface area contributed by atoms with Crippen molar-refractivity contribution in [2.45, 2.75) is 31.5 Å². The van der Waals surface area contributed by atoms with Gasteiger partial charge in [0, 0.05) is 19.7 Å². The van der Waals surface area contributed by atoms with Gasteiger partial charge in [0.05, 0.1) is 12.6 Å². The van der Waals surface area contributed by atoms with E-state index in [2.05, 4.69) is 10.4 Å². The summed E-state index contributed by atoms with van der Waals surface area (Å²) < 4.78 is 66.5. The van der Waals surface area contributed by atoms with Gasteiger partial charge in [0.2, 0.25) is 0 Å². The molecule has 0 bridgehead atoms. The molecule has 0 aliphatic carbocycles. The molecule has 130 valence electrons. The number of nitrogens with one attached hydrogen (secondary N) is 1.